The van der Waals surface area contributed by atoms with E-state index in [1.807, 2.05) is 24.3 Å². The third kappa shape index (κ3) is 2.66. The van der Waals surface area contributed by atoms with Crippen molar-refractivity contribution in [1.29, 1.82) is 0 Å². The fraction of sp³-hybridized carbons (Fsp3) is 0.364. The maximum absolute atomic E-state index is 5.57. The normalized spacial score (nSPS) is 14.6. The van der Waals surface area contributed by atoms with Gasteiger partial charge in [-0.05, 0) is 55.2 Å². The highest BCUT2D eigenvalue weighted by Crippen LogP contribution is 2.29. The Morgan fingerprint density at radius 1 is 1.36 bits per heavy atom. The molecule has 2 nitrogen and oxygen atoms in total. The molecule has 1 aliphatic rings. The first-order chi connectivity index (χ1) is 6.88. The van der Waals surface area contributed by atoms with Crippen LogP contribution >= 0.6 is 12.2 Å². The zero-order valence-electron chi connectivity index (χ0n) is 7.77. The van der Waals surface area contributed by atoms with E-state index in [-0.39, 0.29) is 0 Å². The lowest BCUT2D eigenvalue weighted by Gasteiger charge is -2.04. The lowest BCUT2D eigenvalue weighted by atomic mass is 10.3. The van der Waals surface area contributed by atoms with Crippen LogP contribution in [0.3, 0.4) is 0 Å². The molecule has 2 rings (SSSR count). The number of ether oxygens (including phenoxy) is 1. The zero-order valence-corrected chi connectivity index (χ0v) is 8.59. The van der Waals surface area contributed by atoms with E-state index in [9.17, 15) is 0 Å². The Morgan fingerprint density at radius 3 is 2.64 bits per heavy atom. The maximum Gasteiger partial charge on any atom is 0.119 e. The average Bonchev–Trinajstić information content (AvgIpc) is 3.01. The molecule has 0 radical (unpaired) electrons. The minimum Gasteiger partial charge on any atom is -0.493 e. The number of thiocarbonyl (C=S) groups is 1. The van der Waals surface area contributed by atoms with Crippen molar-refractivity contribution in [2.24, 2.45) is 10.9 Å². The topological polar surface area (TPSA) is 21.6 Å². The predicted molar refractivity (Wildman–Crippen MR) is 59.3 cm³/mol. The molecule has 0 heterocycles. The van der Waals surface area contributed by atoms with Gasteiger partial charge in [0.2, 0.25) is 0 Å². The number of aliphatic imine (C=N–C) groups is 1. The van der Waals surface area contributed by atoms with E-state index >= 15 is 0 Å². The van der Waals surface area contributed by atoms with Gasteiger partial charge >= 0.3 is 0 Å². The molecule has 0 saturated heterocycles. The van der Waals surface area contributed by atoms with Crippen molar-refractivity contribution >= 4 is 23.1 Å². The molecule has 0 spiro atoms. The van der Waals surface area contributed by atoms with Gasteiger partial charge in [-0.2, -0.15) is 4.99 Å². The Labute approximate surface area is 88.6 Å². The third-order valence-corrected chi connectivity index (χ3v) is 2.29. The Balaban J connectivity index is 1.94. The lowest BCUT2D eigenvalue weighted by molar-refractivity contribution is 0.300. The summed E-state index contributed by atoms with van der Waals surface area (Å²) in [6, 6.07) is 7.57. The van der Waals surface area contributed by atoms with Crippen molar-refractivity contribution in [2.45, 2.75) is 12.8 Å². The summed E-state index contributed by atoms with van der Waals surface area (Å²) < 4.78 is 5.57. The number of rotatable bonds is 4. The minimum atomic E-state index is 0.786. The van der Waals surface area contributed by atoms with E-state index < -0.39 is 0 Å². The number of nitrogens with zero attached hydrogens (tertiary/aromatic N) is 1. The summed E-state index contributed by atoms with van der Waals surface area (Å²) in [4.78, 5) is 3.86. The van der Waals surface area contributed by atoms with Crippen molar-refractivity contribution < 1.29 is 4.74 Å². The van der Waals surface area contributed by atoms with Crippen molar-refractivity contribution in [3.63, 3.8) is 0 Å². The molecular weight excluding hydrogens is 194 g/mol. The minimum absolute atomic E-state index is 0.786. The Morgan fingerprint density at radius 2 is 2.07 bits per heavy atom. The van der Waals surface area contributed by atoms with Crippen LogP contribution in [0.25, 0.3) is 0 Å². The summed E-state index contributed by atoms with van der Waals surface area (Å²) in [5.41, 5.74) is 0.818. The van der Waals surface area contributed by atoms with Gasteiger partial charge in [0.1, 0.15) is 5.75 Å². The summed E-state index contributed by atoms with van der Waals surface area (Å²) >= 11 is 4.51. The maximum atomic E-state index is 5.57. The summed E-state index contributed by atoms with van der Waals surface area (Å²) in [5, 5.41) is 2.33. The fourth-order valence-corrected chi connectivity index (χ4v) is 1.27. The molecule has 14 heavy (non-hydrogen) atoms. The molecule has 0 bridgehead atoms. The van der Waals surface area contributed by atoms with Crippen LogP contribution in [0.5, 0.6) is 5.75 Å². The molecule has 1 fully saturated rings. The van der Waals surface area contributed by atoms with Crippen molar-refractivity contribution in [3.8, 4) is 5.75 Å². The van der Waals surface area contributed by atoms with E-state index in [2.05, 4.69) is 22.4 Å². The fourth-order valence-electron chi connectivity index (χ4n) is 1.17. The first-order valence-corrected chi connectivity index (χ1v) is 5.10. The second-order valence-electron chi connectivity index (χ2n) is 3.45. The van der Waals surface area contributed by atoms with Gasteiger partial charge < -0.3 is 4.74 Å². The molecule has 0 amide bonds. The Bertz CT molecular complexity index is 350. The van der Waals surface area contributed by atoms with E-state index in [4.69, 9.17) is 4.74 Å². The molecule has 0 unspecified atom stereocenters. The van der Waals surface area contributed by atoms with Crippen LogP contribution in [0, 0.1) is 5.92 Å². The Hall–Kier alpha value is -1.18. The van der Waals surface area contributed by atoms with Gasteiger partial charge in [0, 0.05) is 0 Å². The predicted octanol–water partition coefficient (Wildman–Crippen LogP) is 3.21. The van der Waals surface area contributed by atoms with E-state index in [0.29, 0.717) is 0 Å². The molecular formula is C11H11NOS. The molecule has 0 atom stereocenters. The highest BCUT2D eigenvalue weighted by atomic mass is 32.1. The monoisotopic (exact) mass is 205 g/mol. The molecule has 1 saturated carbocycles. The van der Waals surface area contributed by atoms with Gasteiger partial charge in [-0.3, -0.25) is 0 Å². The highest BCUT2D eigenvalue weighted by molar-refractivity contribution is 7.78. The van der Waals surface area contributed by atoms with Crippen molar-refractivity contribution in [3.05, 3.63) is 24.3 Å². The van der Waals surface area contributed by atoms with Gasteiger partial charge in [-0.15, -0.1) is 0 Å². The highest BCUT2D eigenvalue weighted by Gasteiger charge is 2.21. The Kier molecular flexibility index (Phi) is 2.92. The van der Waals surface area contributed by atoms with Gasteiger partial charge in [-0.1, -0.05) is 0 Å². The van der Waals surface area contributed by atoms with Crippen LogP contribution in [-0.4, -0.2) is 11.8 Å². The zero-order chi connectivity index (χ0) is 9.80. The molecule has 3 heteroatoms. The van der Waals surface area contributed by atoms with Crippen LogP contribution in [0.1, 0.15) is 12.8 Å². The molecule has 0 aliphatic heterocycles. The molecule has 72 valence electrons. The number of hydrogen-bond acceptors (Lipinski definition) is 3. The standard InChI is InChI=1S/C11H11NOS/c14-8-12-10-3-5-11(6-4-10)13-7-9-1-2-9/h3-6,9H,1-2,7H2. The first-order valence-electron chi connectivity index (χ1n) is 4.69. The quantitative estimate of drug-likeness (QED) is 0.556. The van der Waals surface area contributed by atoms with Crippen LogP contribution in [0.15, 0.2) is 29.3 Å². The number of hydrogen-bond donors (Lipinski definition) is 0. The second kappa shape index (κ2) is 4.36. The van der Waals surface area contributed by atoms with Gasteiger partial charge in [-0.25, -0.2) is 0 Å². The average molecular weight is 205 g/mol. The van der Waals surface area contributed by atoms with Gasteiger partial charge in [0.25, 0.3) is 0 Å². The SMILES string of the molecule is S=C=Nc1ccc(OCC2CC2)cc1. The van der Waals surface area contributed by atoms with Crippen LogP contribution in [-0.2, 0) is 0 Å². The van der Waals surface area contributed by atoms with Gasteiger partial charge in [0.15, 0.2) is 0 Å². The van der Waals surface area contributed by atoms with E-state index in [1.165, 1.54) is 12.8 Å². The lowest BCUT2D eigenvalue weighted by Crippen LogP contribution is -1.98. The van der Waals surface area contributed by atoms with Crippen LogP contribution < -0.4 is 4.74 Å². The number of benzene rings is 1. The molecule has 0 N–H and O–H groups in total. The largest absolute Gasteiger partial charge is 0.493 e. The molecule has 1 aromatic carbocycles. The first kappa shape index (κ1) is 9.38. The van der Waals surface area contributed by atoms with Crippen molar-refractivity contribution in [2.75, 3.05) is 6.61 Å². The number of isothiocyanates is 1. The van der Waals surface area contributed by atoms with Crippen LogP contribution in [0.2, 0.25) is 0 Å². The van der Waals surface area contributed by atoms with Crippen LogP contribution in [0.4, 0.5) is 5.69 Å². The molecule has 1 aromatic rings. The van der Waals surface area contributed by atoms with E-state index in [0.717, 1.165) is 24.0 Å². The van der Waals surface area contributed by atoms with Crippen molar-refractivity contribution in [1.82, 2.24) is 0 Å². The summed E-state index contributed by atoms with van der Waals surface area (Å²) in [6.45, 7) is 0.843. The summed E-state index contributed by atoms with van der Waals surface area (Å²) in [7, 11) is 0. The van der Waals surface area contributed by atoms with E-state index in [1.54, 1.807) is 0 Å². The van der Waals surface area contributed by atoms with Gasteiger partial charge in [0.05, 0.1) is 17.5 Å². The smallest absolute Gasteiger partial charge is 0.119 e. The summed E-state index contributed by atoms with van der Waals surface area (Å²) in [5.74, 6) is 1.69. The third-order valence-electron chi connectivity index (χ3n) is 2.19. The molecule has 1 aliphatic carbocycles. The second-order valence-corrected chi connectivity index (χ2v) is 3.63. The summed E-state index contributed by atoms with van der Waals surface area (Å²) in [6.07, 6.45) is 2.63. The molecule has 0 aromatic heterocycles.